The molecule has 0 aliphatic heterocycles. The van der Waals surface area contributed by atoms with E-state index in [2.05, 4.69) is 0 Å². The minimum Gasteiger partial charge on any atom is -0.385 e. The van der Waals surface area contributed by atoms with Gasteiger partial charge in [0.15, 0.2) is 0 Å². The van der Waals surface area contributed by atoms with Crippen molar-refractivity contribution in [1.82, 2.24) is 0 Å². The molecule has 5 nitrogen and oxygen atoms in total. The molecule has 0 aromatic heterocycles. The zero-order valence-electron chi connectivity index (χ0n) is 6.15. The van der Waals surface area contributed by atoms with Crippen LogP contribution in [0.4, 0.5) is 0 Å². The Kier molecular flexibility index (Phi) is 6.95. The maximum Gasteiger partial charge on any atom is 0.302 e. The molecule has 0 amide bonds. The molecule has 0 fully saturated rings. The van der Waals surface area contributed by atoms with E-state index in [0.717, 1.165) is 13.5 Å². The smallest absolute Gasteiger partial charge is 0.302 e. The van der Waals surface area contributed by atoms with Gasteiger partial charge in [-0.3, -0.25) is 0 Å². The Hall–Kier alpha value is -0.200. The fraction of sp³-hybridized carbons (Fsp3) is 1.00. The number of rotatable bonds is 1. The average molecular weight is 153 g/mol. The lowest BCUT2D eigenvalue weighted by Crippen LogP contribution is -2.39. The molecule has 0 spiro atoms. The molecular formula is C5H15NO4. The van der Waals surface area contributed by atoms with E-state index in [1.807, 2.05) is 6.92 Å². The summed E-state index contributed by atoms with van der Waals surface area (Å²) in [6.07, 6.45) is -1.53. The Balaban J connectivity index is 0. The molecule has 0 rings (SSSR count). The monoisotopic (exact) mass is 153 g/mol. The first-order chi connectivity index (χ1) is 4.36. The highest BCUT2D eigenvalue weighted by molar-refractivity contribution is 4.52. The lowest BCUT2D eigenvalue weighted by molar-refractivity contribution is -0.351. The van der Waals surface area contributed by atoms with Crippen molar-refractivity contribution in [2.75, 3.05) is 6.54 Å². The first-order valence-electron chi connectivity index (χ1n) is 2.91. The van der Waals surface area contributed by atoms with Crippen LogP contribution in [0.15, 0.2) is 0 Å². The maximum atomic E-state index is 8.14. The summed E-state index contributed by atoms with van der Waals surface area (Å²) < 4.78 is 0. The summed E-state index contributed by atoms with van der Waals surface area (Å²) in [5.41, 5.74) is 4.85. The van der Waals surface area contributed by atoms with Gasteiger partial charge in [-0.1, -0.05) is 6.92 Å². The van der Waals surface area contributed by atoms with Crippen molar-refractivity contribution in [3.8, 4) is 0 Å². The van der Waals surface area contributed by atoms with Crippen LogP contribution < -0.4 is 5.73 Å². The first-order valence-corrected chi connectivity index (χ1v) is 2.91. The lowest BCUT2D eigenvalue weighted by atomic mass is 10.3. The second-order valence-corrected chi connectivity index (χ2v) is 1.77. The third kappa shape index (κ3) is 10.7. The van der Waals surface area contributed by atoms with Crippen molar-refractivity contribution in [3.63, 3.8) is 0 Å². The Morgan fingerprint density at radius 1 is 1.40 bits per heavy atom. The molecule has 1 unspecified atom stereocenters. The van der Waals surface area contributed by atoms with E-state index < -0.39 is 12.1 Å². The molecule has 0 aromatic carbocycles. The minimum absolute atomic E-state index is 0.750. The molecule has 0 aliphatic carbocycles. The lowest BCUT2D eigenvalue weighted by Gasteiger charge is -2.15. The van der Waals surface area contributed by atoms with Crippen LogP contribution in [0.1, 0.15) is 13.8 Å². The predicted molar refractivity (Wildman–Crippen MR) is 35.8 cm³/mol. The molecule has 64 valence electrons. The van der Waals surface area contributed by atoms with Crippen LogP contribution in [0.25, 0.3) is 0 Å². The second-order valence-electron chi connectivity index (χ2n) is 1.77. The molecule has 6 N–H and O–H groups in total. The molecular weight excluding hydrogens is 138 g/mol. The Labute approximate surface area is 59.7 Å². The van der Waals surface area contributed by atoms with E-state index in [0.29, 0.717) is 0 Å². The first kappa shape index (κ1) is 12.5. The topological polar surface area (TPSA) is 107 Å². The Morgan fingerprint density at radius 3 is 1.50 bits per heavy atom. The highest BCUT2D eigenvalue weighted by Crippen LogP contribution is 1.97. The molecule has 0 aliphatic rings. The molecule has 1 atom stereocenters. The van der Waals surface area contributed by atoms with E-state index in [1.54, 1.807) is 0 Å². The van der Waals surface area contributed by atoms with E-state index in [4.69, 9.17) is 26.2 Å². The molecule has 0 saturated carbocycles. The maximum absolute atomic E-state index is 8.14. The highest BCUT2D eigenvalue weighted by atomic mass is 16.7. The van der Waals surface area contributed by atoms with Gasteiger partial charge in [-0.2, -0.15) is 0 Å². The van der Waals surface area contributed by atoms with Gasteiger partial charge in [0.25, 0.3) is 0 Å². The predicted octanol–water partition coefficient (Wildman–Crippen LogP) is -2.04. The summed E-state index contributed by atoms with van der Waals surface area (Å²) in [7, 11) is 0. The van der Waals surface area contributed by atoms with Crippen LogP contribution in [-0.2, 0) is 0 Å². The molecule has 0 saturated heterocycles. The highest BCUT2D eigenvalue weighted by Gasteiger charge is 2.24. The zero-order chi connectivity index (χ0) is 8.78. The second kappa shape index (κ2) is 5.57. The SMILES string of the molecule is CC(O)C(O)(O)O.CCN. The van der Waals surface area contributed by atoms with Gasteiger partial charge in [-0.25, -0.2) is 0 Å². The summed E-state index contributed by atoms with van der Waals surface area (Å²) in [5.74, 6) is -2.94. The minimum atomic E-state index is -2.94. The normalized spacial score (nSPS) is 13.5. The summed E-state index contributed by atoms with van der Waals surface area (Å²) in [5, 5.41) is 32.0. The standard InChI is InChI=1S/C3H8O4.C2H7N/c1-2(4)3(5,6)7;1-2-3/h2,4-7H,1H3;2-3H2,1H3. The molecule has 5 heteroatoms. The fourth-order valence-electron chi connectivity index (χ4n) is 0. The van der Waals surface area contributed by atoms with Gasteiger partial charge in [0.05, 0.1) is 0 Å². The number of hydrogen-bond donors (Lipinski definition) is 5. The summed E-state index contributed by atoms with van der Waals surface area (Å²) in [6.45, 7) is 3.71. The van der Waals surface area contributed by atoms with E-state index in [-0.39, 0.29) is 0 Å². The number of aliphatic hydroxyl groups is 4. The van der Waals surface area contributed by atoms with Gasteiger partial charge in [0, 0.05) is 0 Å². The Morgan fingerprint density at radius 2 is 1.50 bits per heavy atom. The van der Waals surface area contributed by atoms with Gasteiger partial charge < -0.3 is 26.2 Å². The van der Waals surface area contributed by atoms with Gasteiger partial charge in [0.1, 0.15) is 6.10 Å². The molecule has 0 bridgehead atoms. The third-order valence-corrected chi connectivity index (χ3v) is 0.561. The van der Waals surface area contributed by atoms with Crippen LogP contribution in [0.3, 0.4) is 0 Å². The van der Waals surface area contributed by atoms with Gasteiger partial charge in [-0.15, -0.1) is 0 Å². The largest absolute Gasteiger partial charge is 0.385 e. The van der Waals surface area contributed by atoms with Gasteiger partial charge >= 0.3 is 5.97 Å². The fourth-order valence-corrected chi connectivity index (χ4v) is 0. The third-order valence-electron chi connectivity index (χ3n) is 0.561. The number of aliphatic hydroxyl groups excluding tert-OH is 1. The van der Waals surface area contributed by atoms with Crippen LogP contribution in [0.2, 0.25) is 0 Å². The van der Waals surface area contributed by atoms with Crippen molar-refractivity contribution in [2.45, 2.75) is 25.9 Å². The van der Waals surface area contributed by atoms with Crippen LogP contribution in [0.5, 0.6) is 0 Å². The number of nitrogens with two attached hydrogens (primary N) is 1. The summed E-state index contributed by atoms with van der Waals surface area (Å²) in [4.78, 5) is 0. The van der Waals surface area contributed by atoms with E-state index >= 15 is 0 Å². The molecule has 0 aromatic rings. The van der Waals surface area contributed by atoms with E-state index in [9.17, 15) is 0 Å². The zero-order valence-corrected chi connectivity index (χ0v) is 6.15. The summed E-state index contributed by atoms with van der Waals surface area (Å²) in [6, 6.07) is 0. The van der Waals surface area contributed by atoms with Crippen LogP contribution >= 0.6 is 0 Å². The Bertz CT molecular complexity index is 68.5. The van der Waals surface area contributed by atoms with Gasteiger partial charge in [-0.05, 0) is 13.5 Å². The van der Waals surface area contributed by atoms with Crippen LogP contribution in [0, 0.1) is 0 Å². The summed E-state index contributed by atoms with van der Waals surface area (Å²) >= 11 is 0. The van der Waals surface area contributed by atoms with Crippen molar-refractivity contribution < 1.29 is 20.4 Å². The van der Waals surface area contributed by atoms with Crippen molar-refractivity contribution in [1.29, 1.82) is 0 Å². The van der Waals surface area contributed by atoms with Crippen molar-refractivity contribution in [2.24, 2.45) is 5.73 Å². The van der Waals surface area contributed by atoms with Gasteiger partial charge in [0.2, 0.25) is 0 Å². The van der Waals surface area contributed by atoms with Crippen LogP contribution in [-0.4, -0.2) is 39.0 Å². The quantitative estimate of drug-likeness (QED) is 0.279. The number of hydrogen-bond acceptors (Lipinski definition) is 5. The molecule has 0 heterocycles. The van der Waals surface area contributed by atoms with E-state index in [1.165, 1.54) is 0 Å². The molecule has 10 heavy (non-hydrogen) atoms. The molecule has 0 radical (unpaired) electrons. The van der Waals surface area contributed by atoms with Crippen molar-refractivity contribution >= 4 is 0 Å². The van der Waals surface area contributed by atoms with Crippen molar-refractivity contribution in [3.05, 3.63) is 0 Å². The average Bonchev–Trinajstić information content (AvgIpc) is 1.64.